The van der Waals surface area contributed by atoms with E-state index in [-0.39, 0.29) is 21.0 Å². The summed E-state index contributed by atoms with van der Waals surface area (Å²) in [6, 6.07) is 9.79. The minimum absolute atomic E-state index is 0.0616. The first-order valence-corrected chi connectivity index (χ1v) is 10.1. The Hall–Kier alpha value is -2.29. The quantitative estimate of drug-likeness (QED) is 0.609. The van der Waals surface area contributed by atoms with Gasteiger partial charge in [-0.15, -0.1) is 0 Å². The van der Waals surface area contributed by atoms with Gasteiger partial charge in [-0.2, -0.15) is 9.41 Å². The molecule has 2 aromatic rings. The third-order valence-electron chi connectivity index (χ3n) is 4.18. The maximum Gasteiger partial charge on any atom is 0.271 e. The molecule has 0 aliphatic carbocycles. The van der Waals surface area contributed by atoms with Crippen LogP contribution in [0.1, 0.15) is 28.8 Å². The number of benzene rings is 2. The molecule has 0 unspecified atom stereocenters. The van der Waals surface area contributed by atoms with E-state index >= 15 is 0 Å². The standard InChI is InChI=1S/C18H17ClFN3O3S/c19-16-4-3-5-17(20)15(16)12-21-22-18(24)13-6-8-14(9-7-13)27(25,26)23-10-1-2-11-23/h3-9,12H,1-2,10-11H2,(H,22,24)/b21-12-. The van der Waals surface area contributed by atoms with Crippen molar-refractivity contribution in [1.82, 2.24) is 9.73 Å². The summed E-state index contributed by atoms with van der Waals surface area (Å²) in [7, 11) is -3.53. The van der Waals surface area contributed by atoms with Crippen LogP contribution in [0.5, 0.6) is 0 Å². The number of carbonyl (C=O) groups excluding carboxylic acids is 1. The fourth-order valence-corrected chi connectivity index (χ4v) is 4.44. The van der Waals surface area contributed by atoms with Gasteiger partial charge in [0.15, 0.2) is 0 Å². The van der Waals surface area contributed by atoms with Crippen molar-refractivity contribution >= 4 is 33.7 Å². The Labute approximate surface area is 161 Å². The fraction of sp³-hybridized carbons (Fsp3) is 0.222. The molecule has 0 radical (unpaired) electrons. The molecule has 0 atom stereocenters. The topological polar surface area (TPSA) is 78.8 Å². The highest BCUT2D eigenvalue weighted by atomic mass is 35.5. The molecule has 1 amide bonds. The molecular weight excluding hydrogens is 393 g/mol. The molecule has 1 heterocycles. The van der Waals surface area contributed by atoms with Gasteiger partial charge in [0.2, 0.25) is 10.0 Å². The Morgan fingerprint density at radius 2 is 1.81 bits per heavy atom. The SMILES string of the molecule is O=C(N/N=C\c1c(F)cccc1Cl)c1ccc(S(=O)(=O)N2CCCC2)cc1. The van der Waals surface area contributed by atoms with Gasteiger partial charge in [0.1, 0.15) is 5.82 Å². The van der Waals surface area contributed by atoms with Gasteiger partial charge < -0.3 is 0 Å². The molecule has 6 nitrogen and oxygen atoms in total. The number of hydrazone groups is 1. The van der Waals surface area contributed by atoms with Gasteiger partial charge in [0.25, 0.3) is 5.91 Å². The number of nitrogens with zero attached hydrogens (tertiary/aromatic N) is 2. The van der Waals surface area contributed by atoms with Gasteiger partial charge in [-0.3, -0.25) is 4.79 Å². The monoisotopic (exact) mass is 409 g/mol. The van der Waals surface area contributed by atoms with E-state index in [1.807, 2.05) is 0 Å². The Balaban J connectivity index is 1.68. The number of halogens is 2. The molecule has 0 bridgehead atoms. The van der Waals surface area contributed by atoms with E-state index in [1.54, 1.807) is 0 Å². The van der Waals surface area contributed by atoms with Crippen molar-refractivity contribution in [3.63, 3.8) is 0 Å². The van der Waals surface area contributed by atoms with Crippen molar-refractivity contribution in [3.05, 3.63) is 64.4 Å². The van der Waals surface area contributed by atoms with Gasteiger partial charge in [0.05, 0.1) is 16.1 Å². The zero-order valence-corrected chi connectivity index (χ0v) is 15.8. The normalized spacial score (nSPS) is 15.3. The summed E-state index contributed by atoms with van der Waals surface area (Å²) in [6.07, 6.45) is 2.81. The van der Waals surface area contributed by atoms with Crippen LogP contribution < -0.4 is 5.43 Å². The van der Waals surface area contributed by atoms with Crippen LogP contribution >= 0.6 is 11.6 Å². The highest BCUT2D eigenvalue weighted by Gasteiger charge is 2.27. The highest BCUT2D eigenvalue weighted by Crippen LogP contribution is 2.21. The molecule has 3 rings (SSSR count). The number of amides is 1. The van der Waals surface area contributed by atoms with Crippen LogP contribution in [0.3, 0.4) is 0 Å². The minimum atomic E-state index is -3.53. The number of carbonyl (C=O) groups is 1. The maximum absolute atomic E-state index is 13.6. The largest absolute Gasteiger partial charge is 0.271 e. The molecule has 1 saturated heterocycles. The van der Waals surface area contributed by atoms with E-state index in [2.05, 4.69) is 10.5 Å². The third-order valence-corrected chi connectivity index (χ3v) is 6.42. The lowest BCUT2D eigenvalue weighted by Crippen LogP contribution is -2.28. The Morgan fingerprint density at radius 1 is 1.15 bits per heavy atom. The zero-order valence-electron chi connectivity index (χ0n) is 14.2. The minimum Gasteiger partial charge on any atom is -0.267 e. The summed E-state index contributed by atoms with van der Waals surface area (Å²) < 4.78 is 40.0. The van der Waals surface area contributed by atoms with Crippen molar-refractivity contribution in [2.45, 2.75) is 17.7 Å². The molecule has 1 aliphatic rings. The first-order chi connectivity index (χ1) is 12.9. The van der Waals surface area contributed by atoms with E-state index in [1.165, 1.54) is 46.8 Å². The van der Waals surface area contributed by atoms with Gasteiger partial charge >= 0.3 is 0 Å². The van der Waals surface area contributed by atoms with Crippen LogP contribution in [0.25, 0.3) is 0 Å². The van der Waals surface area contributed by atoms with Crippen LogP contribution in [0.2, 0.25) is 5.02 Å². The molecular formula is C18H17ClFN3O3S. The summed E-state index contributed by atoms with van der Waals surface area (Å²) in [5, 5.41) is 3.87. The lowest BCUT2D eigenvalue weighted by atomic mass is 10.2. The molecule has 0 saturated carbocycles. The predicted octanol–water partition coefficient (Wildman–Crippen LogP) is 3.03. The predicted molar refractivity (Wildman–Crippen MR) is 101 cm³/mol. The van der Waals surface area contributed by atoms with Crippen LogP contribution in [0.15, 0.2) is 52.5 Å². The van der Waals surface area contributed by atoms with Crippen LogP contribution in [0, 0.1) is 5.82 Å². The molecule has 1 fully saturated rings. The maximum atomic E-state index is 13.6. The summed E-state index contributed by atoms with van der Waals surface area (Å²) in [5.41, 5.74) is 2.55. The van der Waals surface area contributed by atoms with Crippen molar-refractivity contribution in [3.8, 4) is 0 Å². The zero-order chi connectivity index (χ0) is 19.4. The average Bonchev–Trinajstić information content (AvgIpc) is 3.20. The number of hydrogen-bond acceptors (Lipinski definition) is 4. The third kappa shape index (κ3) is 4.35. The van der Waals surface area contributed by atoms with Crippen LogP contribution in [-0.4, -0.2) is 37.9 Å². The first kappa shape index (κ1) is 19.5. The summed E-state index contributed by atoms with van der Waals surface area (Å²) in [4.78, 5) is 12.3. The molecule has 0 aromatic heterocycles. The van der Waals surface area contributed by atoms with E-state index in [9.17, 15) is 17.6 Å². The lowest BCUT2D eigenvalue weighted by Gasteiger charge is -2.15. The summed E-state index contributed by atoms with van der Waals surface area (Å²) in [5.74, 6) is -1.11. The second kappa shape index (κ2) is 8.16. The Morgan fingerprint density at radius 3 is 2.44 bits per heavy atom. The number of sulfonamides is 1. The molecule has 142 valence electrons. The summed E-state index contributed by atoms with van der Waals surface area (Å²) >= 11 is 5.87. The molecule has 0 spiro atoms. The van der Waals surface area contributed by atoms with Gasteiger partial charge in [-0.25, -0.2) is 18.2 Å². The van der Waals surface area contributed by atoms with E-state index < -0.39 is 21.7 Å². The second-order valence-corrected chi connectivity index (χ2v) is 8.32. The van der Waals surface area contributed by atoms with Crippen LogP contribution in [-0.2, 0) is 10.0 Å². The number of nitrogens with one attached hydrogen (secondary N) is 1. The second-order valence-electron chi connectivity index (χ2n) is 5.97. The lowest BCUT2D eigenvalue weighted by molar-refractivity contribution is 0.0955. The Bertz CT molecular complexity index is 952. The van der Waals surface area contributed by atoms with Crippen LogP contribution in [0.4, 0.5) is 4.39 Å². The van der Waals surface area contributed by atoms with E-state index in [0.717, 1.165) is 19.1 Å². The molecule has 2 aromatic carbocycles. The molecule has 9 heteroatoms. The fourth-order valence-electron chi connectivity index (χ4n) is 2.71. The highest BCUT2D eigenvalue weighted by molar-refractivity contribution is 7.89. The summed E-state index contributed by atoms with van der Waals surface area (Å²) in [6.45, 7) is 1.02. The van der Waals surface area contributed by atoms with E-state index in [0.29, 0.717) is 13.1 Å². The number of rotatable bonds is 5. The van der Waals surface area contributed by atoms with Gasteiger partial charge in [-0.1, -0.05) is 17.7 Å². The molecule has 27 heavy (non-hydrogen) atoms. The molecule has 1 N–H and O–H groups in total. The van der Waals surface area contributed by atoms with Gasteiger partial charge in [-0.05, 0) is 49.2 Å². The molecule has 1 aliphatic heterocycles. The van der Waals surface area contributed by atoms with E-state index in [4.69, 9.17) is 11.6 Å². The van der Waals surface area contributed by atoms with Gasteiger partial charge in [0, 0.05) is 24.2 Å². The first-order valence-electron chi connectivity index (χ1n) is 8.27. The number of hydrogen-bond donors (Lipinski definition) is 1. The van der Waals surface area contributed by atoms with Crippen molar-refractivity contribution in [1.29, 1.82) is 0 Å². The van der Waals surface area contributed by atoms with Crippen molar-refractivity contribution in [2.75, 3.05) is 13.1 Å². The van der Waals surface area contributed by atoms with Crippen molar-refractivity contribution in [2.24, 2.45) is 5.10 Å². The Kier molecular flexibility index (Phi) is 5.88. The smallest absolute Gasteiger partial charge is 0.267 e. The average molecular weight is 410 g/mol. The van der Waals surface area contributed by atoms with Crippen molar-refractivity contribution < 1.29 is 17.6 Å².